The molecule has 1 unspecified atom stereocenters. The van der Waals surface area contributed by atoms with Crippen LogP contribution < -0.4 is 5.32 Å². The van der Waals surface area contributed by atoms with Crippen molar-refractivity contribution >= 4 is 5.91 Å². The van der Waals surface area contributed by atoms with Crippen molar-refractivity contribution in [2.45, 2.75) is 6.04 Å². The second-order valence-electron chi connectivity index (χ2n) is 3.55. The van der Waals surface area contributed by atoms with E-state index >= 15 is 0 Å². The molecule has 6 nitrogen and oxygen atoms in total. The number of rotatable bonds is 5. The number of carbonyl (C=O) groups is 1. The quantitative estimate of drug-likeness (QED) is 0.574. The molecule has 0 spiro atoms. The summed E-state index contributed by atoms with van der Waals surface area (Å²) in [6.45, 7) is -0.0859. The Balaban J connectivity index is 2.75. The van der Waals surface area contributed by atoms with Crippen LogP contribution in [0.25, 0.3) is 0 Å². The number of phenols is 2. The molecule has 6 heteroatoms. The Hall–Kier alpha value is -1.79. The van der Waals surface area contributed by atoms with Gasteiger partial charge in [0, 0.05) is 18.7 Å². The maximum Gasteiger partial charge on any atom is 0.251 e. The largest absolute Gasteiger partial charge is 0.508 e. The molecule has 1 rings (SSSR count). The standard InChI is InChI=1S/C11H15NO5/c1-17-6-8(5-13)12-11(16)7-2-9(14)4-10(15)3-7/h2-4,8,13-15H,5-6H2,1H3,(H,12,16). The lowest BCUT2D eigenvalue weighted by Gasteiger charge is -2.15. The maximum atomic E-state index is 11.7. The van der Waals surface area contributed by atoms with E-state index in [9.17, 15) is 15.0 Å². The number of aromatic hydroxyl groups is 2. The smallest absolute Gasteiger partial charge is 0.251 e. The van der Waals surface area contributed by atoms with Crippen molar-refractivity contribution in [3.05, 3.63) is 23.8 Å². The zero-order valence-electron chi connectivity index (χ0n) is 9.38. The summed E-state index contributed by atoms with van der Waals surface area (Å²) in [7, 11) is 1.45. The van der Waals surface area contributed by atoms with Crippen molar-refractivity contribution < 1.29 is 24.9 Å². The molecule has 1 aromatic rings. The van der Waals surface area contributed by atoms with E-state index in [0.717, 1.165) is 6.07 Å². The van der Waals surface area contributed by atoms with E-state index in [0.29, 0.717) is 0 Å². The highest BCUT2D eigenvalue weighted by atomic mass is 16.5. The normalized spacial score (nSPS) is 12.1. The number of carbonyl (C=O) groups excluding carboxylic acids is 1. The van der Waals surface area contributed by atoms with Crippen molar-refractivity contribution in [1.29, 1.82) is 0 Å². The van der Waals surface area contributed by atoms with Gasteiger partial charge in [-0.2, -0.15) is 0 Å². The van der Waals surface area contributed by atoms with E-state index < -0.39 is 11.9 Å². The molecule has 1 amide bonds. The van der Waals surface area contributed by atoms with E-state index in [-0.39, 0.29) is 30.3 Å². The molecule has 17 heavy (non-hydrogen) atoms. The third kappa shape index (κ3) is 3.93. The molecular formula is C11H15NO5. The van der Waals surface area contributed by atoms with Gasteiger partial charge < -0.3 is 25.4 Å². The fourth-order valence-electron chi connectivity index (χ4n) is 1.34. The number of methoxy groups -OCH3 is 1. The molecule has 0 radical (unpaired) electrons. The third-order valence-electron chi connectivity index (χ3n) is 2.09. The van der Waals surface area contributed by atoms with Gasteiger partial charge in [0.2, 0.25) is 0 Å². The fraction of sp³-hybridized carbons (Fsp3) is 0.364. The van der Waals surface area contributed by atoms with Gasteiger partial charge in [0.15, 0.2) is 0 Å². The summed E-state index contributed by atoms with van der Waals surface area (Å²) in [5.41, 5.74) is 0.108. The second-order valence-corrected chi connectivity index (χ2v) is 3.55. The zero-order chi connectivity index (χ0) is 12.8. The van der Waals surface area contributed by atoms with Gasteiger partial charge in [-0.3, -0.25) is 4.79 Å². The molecule has 1 atom stereocenters. The highest BCUT2D eigenvalue weighted by Gasteiger charge is 2.14. The summed E-state index contributed by atoms with van der Waals surface area (Å²) in [6.07, 6.45) is 0. The number of aliphatic hydroxyl groups excluding tert-OH is 1. The molecule has 0 bridgehead atoms. The highest BCUT2D eigenvalue weighted by Crippen LogP contribution is 2.20. The Morgan fingerprint density at radius 1 is 1.35 bits per heavy atom. The van der Waals surface area contributed by atoms with Crippen LogP contribution in [0.2, 0.25) is 0 Å². The van der Waals surface area contributed by atoms with Crippen LogP contribution in [0.4, 0.5) is 0 Å². The molecule has 94 valence electrons. The van der Waals surface area contributed by atoms with Crippen molar-refractivity contribution in [2.75, 3.05) is 20.3 Å². The fourth-order valence-corrected chi connectivity index (χ4v) is 1.34. The van der Waals surface area contributed by atoms with Crippen LogP contribution in [-0.4, -0.2) is 47.6 Å². The van der Waals surface area contributed by atoms with E-state index in [1.807, 2.05) is 0 Å². The van der Waals surface area contributed by atoms with Gasteiger partial charge in [0.1, 0.15) is 11.5 Å². The number of amides is 1. The molecule has 1 aromatic carbocycles. The van der Waals surface area contributed by atoms with Crippen molar-refractivity contribution in [2.24, 2.45) is 0 Å². The Bertz CT molecular complexity index is 373. The minimum atomic E-state index is -0.531. The van der Waals surface area contributed by atoms with Crippen LogP contribution in [0.3, 0.4) is 0 Å². The molecule has 0 saturated heterocycles. The van der Waals surface area contributed by atoms with Gasteiger partial charge in [-0.1, -0.05) is 0 Å². The number of hydrogen-bond acceptors (Lipinski definition) is 5. The minimum Gasteiger partial charge on any atom is -0.508 e. The van der Waals surface area contributed by atoms with Crippen LogP contribution in [-0.2, 0) is 4.74 Å². The summed E-state index contributed by atoms with van der Waals surface area (Å²) < 4.78 is 4.81. The van der Waals surface area contributed by atoms with Crippen LogP contribution in [0, 0.1) is 0 Å². The summed E-state index contributed by atoms with van der Waals surface area (Å²) in [4.78, 5) is 11.7. The second kappa shape index (κ2) is 6.07. The molecule has 4 N–H and O–H groups in total. The summed E-state index contributed by atoms with van der Waals surface area (Å²) in [5.74, 6) is -0.919. The van der Waals surface area contributed by atoms with Crippen LogP contribution >= 0.6 is 0 Å². The molecule has 0 saturated carbocycles. The molecule has 0 fully saturated rings. The van der Waals surface area contributed by atoms with Gasteiger partial charge >= 0.3 is 0 Å². The minimum absolute atomic E-state index is 0.108. The Labute approximate surface area is 98.5 Å². The lowest BCUT2D eigenvalue weighted by molar-refractivity contribution is 0.0839. The SMILES string of the molecule is COCC(CO)NC(=O)c1cc(O)cc(O)c1. The molecule has 0 aromatic heterocycles. The predicted molar refractivity (Wildman–Crippen MR) is 60.0 cm³/mol. The van der Waals surface area contributed by atoms with E-state index in [2.05, 4.69) is 5.32 Å². The monoisotopic (exact) mass is 241 g/mol. The van der Waals surface area contributed by atoms with E-state index in [4.69, 9.17) is 9.84 Å². The molecule has 0 heterocycles. The first-order valence-corrected chi connectivity index (χ1v) is 5.00. The Kier molecular flexibility index (Phi) is 4.74. The number of aliphatic hydroxyl groups is 1. The van der Waals surface area contributed by atoms with Gasteiger partial charge in [0.25, 0.3) is 5.91 Å². The third-order valence-corrected chi connectivity index (χ3v) is 2.09. The van der Waals surface area contributed by atoms with Gasteiger partial charge in [-0.15, -0.1) is 0 Å². The molecule has 0 aliphatic heterocycles. The zero-order valence-corrected chi connectivity index (χ0v) is 9.38. The van der Waals surface area contributed by atoms with E-state index in [1.165, 1.54) is 19.2 Å². The Morgan fingerprint density at radius 3 is 2.41 bits per heavy atom. The molecular weight excluding hydrogens is 226 g/mol. The molecule has 0 aliphatic rings. The Morgan fingerprint density at radius 2 is 1.94 bits per heavy atom. The van der Waals surface area contributed by atoms with Crippen LogP contribution in [0.1, 0.15) is 10.4 Å². The number of ether oxygens (including phenoxy) is 1. The number of phenolic OH excluding ortho intramolecular Hbond substituents is 2. The highest BCUT2D eigenvalue weighted by molar-refractivity contribution is 5.95. The summed E-state index contributed by atoms with van der Waals surface area (Å²) >= 11 is 0. The van der Waals surface area contributed by atoms with Crippen LogP contribution in [0.5, 0.6) is 11.5 Å². The van der Waals surface area contributed by atoms with Crippen molar-refractivity contribution in [3.63, 3.8) is 0 Å². The lowest BCUT2D eigenvalue weighted by atomic mass is 10.1. The van der Waals surface area contributed by atoms with Gasteiger partial charge in [0.05, 0.1) is 19.3 Å². The topological polar surface area (TPSA) is 99.0 Å². The first-order chi connectivity index (χ1) is 8.06. The predicted octanol–water partition coefficient (Wildman–Crippen LogP) is -0.165. The van der Waals surface area contributed by atoms with Gasteiger partial charge in [-0.05, 0) is 12.1 Å². The van der Waals surface area contributed by atoms with Crippen molar-refractivity contribution in [3.8, 4) is 11.5 Å². The first kappa shape index (κ1) is 13.3. The first-order valence-electron chi connectivity index (χ1n) is 5.00. The van der Waals surface area contributed by atoms with Crippen molar-refractivity contribution in [1.82, 2.24) is 5.32 Å². The van der Waals surface area contributed by atoms with Gasteiger partial charge in [-0.25, -0.2) is 0 Å². The number of hydrogen-bond donors (Lipinski definition) is 4. The number of benzene rings is 1. The van der Waals surface area contributed by atoms with E-state index in [1.54, 1.807) is 0 Å². The average Bonchev–Trinajstić information content (AvgIpc) is 2.27. The molecule has 0 aliphatic carbocycles. The average molecular weight is 241 g/mol. The summed E-state index contributed by atoms with van der Waals surface area (Å²) in [6, 6.07) is 3.03. The summed E-state index contributed by atoms with van der Waals surface area (Å²) in [5, 5.41) is 29.9. The number of nitrogens with one attached hydrogen (secondary N) is 1. The maximum absolute atomic E-state index is 11.7. The van der Waals surface area contributed by atoms with Crippen LogP contribution in [0.15, 0.2) is 18.2 Å². The lowest BCUT2D eigenvalue weighted by Crippen LogP contribution is -2.40.